The number of aryl methyl sites for hydroxylation is 2. The standard InChI is InChI=1S/C13H11BrClNO.C8H9ClO.C5H3BrFN.CH4/c1-8-3-4-12(9(2)13(8)15)17-11-5-10(14)6-16-7-11;1-5-3-4-7(10)6(2)8(5)9;6-4-1-5(7)3-8-2-4;/h3-7H,1-2H3;3-4,10H,1-2H3;1-3H;1H4. The molecule has 1 N–H and O–H groups in total. The molecule has 0 unspecified atom stereocenters. The molecule has 192 valence electrons. The van der Waals surface area contributed by atoms with Crippen molar-refractivity contribution < 1.29 is 14.2 Å². The zero-order chi connectivity index (χ0) is 26.1. The summed E-state index contributed by atoms with van der Waals surface area (Å²) in [4.78, 5) is 7.61. The Morgan fingerprint density at radius 1 is 0.778 bits per heavy atom. The maximum atomic E-state index is 12.1. The molecule has 0 spiro atoms. The van der Waals surface area contributed by atoms with Gasteiger partial charge >= 0.3 is 0 Å². The van der Waals surface area contributed by atoms with Crippen LogP contribution in [0, 0.1) is 33.5 Å². The van der Waals surface area contributed by atoms with Crippen molar-refractivity contribution in [2.24, 2.45) is 0 Å². The molecular formula is C27H27Br2Cl2FN2O2. The molecule has 0 bridgehead atoms. The van der Waals surface area contributed by atoms with Gasteiger partial charge in [0, 0.05) is 32.5 Å². The van der Waals surface area contributed by atoms with Crippen molar-refractivity contribution in [2.75, 3.05) is 0 Å². The first kappa shape index (κ1) is 31.8. The Hall–Kier alpha value is -2.19. The van der Waals surface area contributed by atoms with Crippen LogP contribution < -0.4 is 4.74 Å². The SMILES string of the molecule is C.Cc1ccc(O)c(C)c1Cl.Cc1ccc(Oc2cncc(Br)c2)c(C)c1Cl.Fc1cncc(Br)c1. The summed E-state index contributed by atoms with van der Waals surface area (Å²) >= 11 is 18.4. The van der Waals surface area contributed by atoms with E-state index >= 15 is 0 Å². The van der Waals surface area contributed by atoms with E-state index in [-0.39, 0.29) is 19.0 Å². The Bertz CT molecular complexity index is 1260. The number of benzene rings is 2. The van der Waals surface area contributed by atoms with Crippen molar-refractivity contribution in [1.82, 2.24) is 9.97 Å². The number of aromatic hydroxyl groups is 1. The lowest BCUT2D eigenvalue weighted by Crippen LogP contribution is -1.90. The highest BCUT2D eigenvalue weighted by atomic mass is 79.9. The van der Waals surface area contributed by atoms with Gasteiger partial charge in [0.25, 0.3) is 0 Å². The van der Waals surface area contributed by atoms with Gasteiger partial charge in [0.15, 0.2) is 0 Å². The highest BCUT2D eigenvalue weighted by molar-refractivity contribution is 9.10. The van der Waals surface area contributed by atoms with E-state index in [1.54, 1.807) is 31.5 Å². The summed E-state index contributed by atoms with van der Waals surface area (Å²) in [6.07, 6.45) is 6.06. The molecule has 2 aromatic carbocycles. The minimum absolute atomic E-state index is 0. The number of nitrogens with zero attached hydrogens (tertiary/aromatic N) is 2. The molecule has 0 fully saturated rings. The Balaban J connectivity index is 0.000000291. The number of pyridine rings is 2. The second kappa shape index (κ2) is 15.2. The van der Waals surface area contributed by atoms with Gasteiger partial charge in [-0.1, -0.05) is 42.8 Å². The predicted octanol–water partition coefficient (Wildman–Crippen LogP) is 10.2. The van der Waals surface area contributed by atoms with Crippen LogP contribution in [0.3, 0.4) is 0 Å². The van der Waals surface area contributed by atoms with E-state index in [9.17, 15) is 4.39 Å². The molecule has 0 radical (unpaired) electrons. The lowest BCUT2D eigenvalue weighted by Gasteiger charge is -2.11. The molecule has 36 heavy (non-hydrogen) atoms. The average molecular weight is 661 g/mol. The van der Waals surface area contributed by atoms with Gasteiger partial charge in [-0.25, -0.2) is 4.39 Å². The van der Waals surface area contributed by atoms with Gasteiger partial charge < -0.3 is 9.84 Å². The molecule has 2 aromatic heterocycles. The van der Waals surface area contributed by atoms with E-state index in [2.05, 4.69) is 41.8 Å². The van der Waals surface area contributed by atoms with Gasteiger partial charge in [-0.2, -0.15) is 0 Å². The summed E-state index contributed by atoms with van der Waals surface area (Å²) in [5.41, 5.74) is 3.73. The molecule has 0 aliphatic heterocycles. The van der Waals surface area contributed by atoms with Crippen LogP contribution in [0.15, 0.2) is 70.1 Å². The fourth-order valence-corrected chi connectivity index (χ4v) is 3.68. The van der Waals surface area contributed by atoms with E-state index in [4.69, 9.17) is 33.0 Å². The van der Waals surface area contributed by atoms with Crippen molar-refractivity contribution >= 4 is 55.1 Å². The number of hydrogen-bond donors (Lipinski definition) is 1. The molecule has 0 aliphatic carbocycles. The monoisotopic (exact) mass is 658 g/mol. The highest BCUT2D eigenvalue weighted by Crippen LogP contribution is 2.32. The van der Waals surface area contributed by atoms with Crippen molar-refractivity contribution in [3.05, 3.63) is 108 Å². The van der Waals surface area contributed by atoms with E-state index in [1.807, 2.05) is 39.0 Å². The van der Waals surface area contributed by atoms with Crippen LogP contribution in [0.4, 0.5) is 4.39 Å². The molecular weight excluding hydrogens is 634 g/mol. The molecule has 4 aromatic rings. The summed E-state index contributed by atoms with van der Waals surface area (Å²) in [5, 5.41) is 10.5. The fourth-order valence-electron chi connectivity index (χ4n) is 2.68. The van der Waals surface area contributed by atoms with Crippen molar-refractivity contribution in [3.8, 4) is 17.2 Å². The minimum atomic E-state index is -0.320. The minimum Gasteiger partial charge on any atom is -0.508 e. The predicted molar refractivity (Wildman–Crippen MR) is 154 cm³/mol. The first-order valence-electron chi connectivity index (χ1n) is 10.2. The van der Waals surface area contributed by atoms with Crippen LogP contribution in [0.2, 0.25) is 10.0 Å². The third-order valence-corrected chi connectivity index (χ3v) is 6.69. The van der Waals surface area contributed by atoms with Gasteiger partial charge in [-0.05, 0) is 94.9 Å². The third-order valence-electron chi connectivity index (χ3n) is 4.66. The van der Waals surface area contributed by atoms with Crippen LogP contribution in [0.1, 0.15) is 29.7 Å². The number of phenolic OH excluding ortho intramolecular Hbond substituents is 1. The number of phenols is 1. The second-order valence-electron chi connectivity index (χ2n) is 7.42. The van der Waals surface area contributed by atoms with Crippen molar-refractivity contribution in [3.63, 3.8) is 0 Å². The van der Waals surface area contributed by atoms with Gasteiger partial charge in [0.1, 0.15) is 23.1 Å². The van der Waals surface area contributed by atoms with Crippen molar-refractivity contribution in [1.29, 1.82) is 0 Å². The van der Waals surface area contributed by atoms with Crippen LogP contribution in [0.5, 0.6) is 17.2 Å². The van der Waals surface area contributed by atoms with Crippen LogP contribution in [-0.4, -0.2) is 15.1 Å². The topological polar surface area (TPSA) is 55.2 Å². The molecule has 0 atom stereocenters. The summed E-state index contributed by atoms with van der Waals surface area (Å²) in [5.74, 6) is 1.37. The smallest absolute Gasteiger partial charge is 0.146 e. The zero-order valence-electron chi connectivity index (χ0n) is 19.4. The van der Waals surface area contributed by atoms with Gasteiger partial charge in [-0.15, -0.1) is 0 Å². The van der Waals surface area contributed by atoms with Crippen LogP contribution in [-0.2, 0) is 0 Å². The molecule has 2 heterocycles. The van der Waals surface area contributed by atoms with Gasteiger partial charge in [0.2, 0.25) is 0 Å². The number of halogens is 5. The first-order chi connectivity index (χ1) is 16.5. The zero-order valence-corrected chi connectivity index (χ0v) is 24.1. The molecule has 0 saturated carbocycles. The van der Waals surface area contributed by atoms with E-state index in [0.717, 1.165) is 43.7 Å². The Morgan fingerprint density at radius 2 is 1.31 bits per heavy atom. The molecule has 4 rings (SSSR count). The summed E-state index contributed by atoms with van der Waals surface area (Å²) < 4.78 is 19.4. The lowest BCUT2D eigenvalue weighted by molar-refractivity contribution is 0.471. The highest BCUT2D eigenvalue weighted by Gasteiger charge is 2.08. The van der Waals surface area contributed by atoms with E-state index in [1.165, 1.54) is 12.3 Å². The number of rotatable bonds is 2. The maximum Gasteiger partial charge on any atom is 0.146 e. The molecule has 0 amide bonds. The van der Waals surface area contributed by atoms with E-state index < -0.39 is 0 Å². The number of ether oxygens (including phenoxy) is 1. The van der Waals surface area contributed by atoms with Crippen molar-refractivity contribution in [2.45, 2.75) is 35.1 Å². The molecule has 4 nitrogen and oxygen atoms in total. The quantitative estimate of drug-likeness (QED) is 0.232. The first-order valence-corrected chi connectivity index (χ1v) is 12.6. The molecule has 0 aliphatic rings. The normalized spacial score (nSPS) is 9.69. The van der Waals surface area contributed by atoms with Gasteiger partial charge in [-0.3, -0.25) is 9.97 Å². The van der Waals surface area contributed by atoms with Gasteiger partial charge in [0.05, 0.1) is 22.4 Å². The third kappa shape index (κ3) is 9.69. The Morgan fingerprint density at radius 3 is 1.81 bits per heavy atom. The van der Waals surface area contributed by atoms with E-state index in [0.29, 0.717) is 15.2 Å². The molecule has 9 heteroatoms. The maximum absolute atomic E-state index is 12.1. The molecule has 0 saturated heterocycles. The fraction of sp³-hybridized carbons (Fsp3) is 0.185. The Labute approximate surface area is 238 Å². The second-order valence-corrected chi connectivity index (χ2v) is 10.0. The average Bonchev–Trinajstić information content (AvgIpc) is 2.81. The van der Waals surface area contributed by atoms with Crippen LogP contribution >= 0.6 is 55.1 Å². The Kier molecular flexibility index (Phi) is 13.4. The lowest BCUT2D eigenvalue weighted by atomic mass is 10.1. The number of hydrogen-bond acceptors (Lipinski definition) is 4. The summed E-state index contributed by atoms with van der Waals surface area (Å²) in [7, 11) is 0. The number of aromatic nitrogens is 2. The van der Waals surface area contributed by atoms with Crippen LogP contribution in [0.25, 0.3) is 0 Å². The largest absolute Gasteiger partial charge is 0.508 e. The summed E-state index contributed by atoms with van der Waals surface area (Å²) in [6, 6.07) is 10.5. The summed E-state index contributed by atoms with van der Waals surface area (Å²) in [6.45, 7) is 7.62.